The summed E-state index contributed by atoms with van der Waals surface area (Å²) in [5, 5.41) is 9.37. The quantitative estimate of drug-likeness (QED) is 0.823. The van der Waals surface area contributed by atoms with Gasteiger partial charge < -0.3 is 0 Å². The molecule has 0 spiro atoms. The summed E-state index contributed by atoms with van der Waals surface area (Å²) in [5.41, 5.74) is 1.59. The highest BCUT2D eigenvalue weighted by molar-refractivity contribution is 7.93. The lowest BCUT2D eigenvalue weighted by Gasteiger charge is -2.11. The van der Waals surface area contributed by atoms with Gasteiger partial charge in [0, 0.05) is 6.04 Å². The molecule has 3 N–H and O–H groups in total. The van der Waals surface area contributed by atoms with Crippen molar-refractivity contribution in [3.05, 3.63) is 35.7 Å². The van der Waals surface area contributed by atoms with Gasteiger partial charge in [0.25, 0.3) is 10.0 Å². The zero-order valence-electron chi connectivity index (χ0n) is 13.8. The highest BCUT2D eigenvalue weighted by Crippen LogP contribution is 2.26. The summed E-state index contributed by atoms with van der Waals surface area (Å²) in [7, 11) is -7.97. The monoisotopic (exact) mass is 372 g/mol. The molecule has 0 aliphatic carbocycles. The van der Waals surface area contributed by atoms with Crippen molar-refractivity contribution in [2.75, 3.05) is 4.72 Å². The third-order valence-corrected chi connectivity index (χ3v) is 5.75. The molecule has 0 atom stereocenters. The Bertz CT molecular complexity index is 976. The van der Waals surface area contributed by atoms with Crippen LogP contribution >= 0.6 is 0 Å². The lowest BCUT2D eigenvalue weighted by molar-refractivity contribution is 0.516. The minimum Gasteiger partial charge on any atom is -0.276 e. The lowest BCUT2D eigenvalue weighted by atomic mass is 10.3. The zero-order valence-corrected chi connectivity index (χ0v) is 15.4. The Balaban J connectivity index is 2.47. The van der Waals surface area contributed by atoms with E-state index in [0.717, 1.165) is 6.07 Å². The summed E-state index contributed by atoms with van der Waals surface area (Å²) in [6.45, 7) is 7.34. The van der Waals surface area contributed by atoms with Crippen molar-refractivity contribution >= 4 is 25.7 Å². The SMILES string of the molecule is Cc1nn(C(C)C)c(C)c1NS(=O)(=O)c1cccc(S(N)(=O)=O)c1. The number of hydrogen-bond acceptors (Lipinski definition) is 5. The second kappa shape index (κ2) is 6.19. The number of nitrogens with one attached hydrogen (secondary N) is 1. The predicted octanol–water partition coefficient (Wildman–Crippen LogP) is 1.53. The van der Waals surface area contributed by atoms with E-state index in [0.29, 0.717) is 17.1 Å². The number of aryl methyl sites for hydroxylation is 1. The Kier molecular flexibility index (Phi) is 4.75. The predicted molar refractivity (Wildman–Crippen MR) is 90.7 cm³/mol. The van der Waals surface area contributed by atoms with E-state index in [1.54, 1.807) is 18.5 Å². The molecular formula is C14H20N4O4S2. The number of benzene rings is 1. The Morgan fingerprint density at radius 1 is 1.12 bits per heavy atom. The fraction of sp³-hybridized carbons (Fsp3) is 0.357. The maximum absolute atomic E-state index is 12.6. The molecule has 0 saturated carbocycles. The van der Waals surface area contributed by atoms with Crippen LogP contribution in [0, 0.1) is 13.8 Å². The van der Waals surface area contributed by atoms with Crippen LogP contribution in [-0.2, 0) is 20.0 Å². The molecule has 132 valence electrons. The van der Waals surface area contributed by atoms with E-state index >= 15 is 0 Å². The van der Waals surface area contributed by atoms with Gasteiger partial charge in [0.05, 0.1) is 26.9 Å². The van der Waals surface area contributed by atoms with Gasteiger partial charge in [-0.15, -0.1) is 0 Å². The maximum Gasteiger partial charge on any atom is 0.262 e. The number of rotatable bonds is 5. The molecule has 0 aliphatic heterocycles. The summed E-state index contributed by atoms with van der Waals surface area (Å²) >= 11 is 0. The number of sulfonamides is 2. The molecule has 0 bridgehead atoms. The Morgan fingerprint density at radius 2 is 1.71 bits per heavy atom. The minimum atomic E-state index is -3.99. The molecule has 1 aromatic heterocycles. The number of nitrogens with two attached hydrogens (primary N) is 1. The summed E-state index contributed by atoms with van der Waals surface area (Å²) in [6.07, 6.45) is 0. The van der Waals surface area contributed by atoms with Crippen LogP contribution < -0.4 is 9.86 Å². The van der Waals surface area contributed by atoms with Crippen molar-refractivity contribution in [2.24, 2.45) is 5.14 Å². The summed E-state index contributed by atoms with van der Waals surface area (Å²) in [5.74, 6) is 0. The van der Waals surface area contributed by atoms with Crippen molar-refractivity contribution in [1.29, 1.82) is 0 Å². The van der Waals surface area contributed by atoms with E-state index in [1.807, 2.05) is 13.8 Å². The first-order chi connectivity index (χ1) is 10.9. The van der Waals surface area contributed by atoms with E-state index in [1.165, 1.54) is 18.2 Å². The van der Waals surface area contributed by atoms with Gasteiger partial charge in [-0.05, 0) is 45.9 Å². The average molecular weight is 372 g/mol. The van der Waals surface area contributed by atoms with Crippen molar-refractivity contribution in [3.8, 4) is 0 Å². The molecule has 2 aromatic rings. The van der Waals surface area contributed by atoms with Crippen LogP contribution in [0.4, 0.5) is 5.69 Å². The average Bonchev–Trinajstić information content (AvgIpc) is 2.74. The molecule has 1 aromatic carbocycles. The third kappa shape index (κ3) is 3.60. The van der Waals surface area contributed by atoms with E-state index in [9.17, 15) is 16.8 Å². The topological polar surface area (TPSA) is 124 Å². The summed E-state index contributed by atoms with van der Waals surface area (Å²) < 4.78 is 52.2. The Hall–Kier alpha value is -1.91. The number of nitrogens with zero attached hydrogens (tertiary/aromatic N) is 2. The largest absolute Gasteiger partial charge is 0.276 e. The van der Waals surface area contributed by atoms with Gasteiger partial charge in [-0.1, -0.05) is 6.07 Å². The molecule has 0 unspecified atom stereocenters. The first kappa shape index (κ1) is 18.4. The standard InChI is InChI=1S/C14H20N4O4S2/c1-9(2)18-11(4)14(10(3)16-18)17-24(21,22)13-7-5-6-12(8-13)23(15,19)20/h5-9,17H,1-4H3,(H2,15,19,20). The van der Waals surface area contributed by atoms with Crippen molar-refractivity contribution in [1.82, 2.24) is 9.78 Å². The van der Waals surface area contributed by atoms with Gasteiger partial charge in [0.15, 0.2) is 0 Å². The fourth-order valence-electron chi connectivity index (χ4n) is 2.33. The van der Waals surface area contributed by atoms with Crippen LogP contribution in [-0.4, -0.2) is 26.6 Å². The summed E-state index contributed by atoms with van der Waals surface area (Å²) in [4.78, 5) is -0.457. The molecule has 0 radical (unpaired) electrons. The van der Waals surface area contributed by atoms with Crippen LogP contribution in [0.2, 0.25) is 0 Å². The van der Waals surface area contributed by atoms with Crippen LogP contribution in [0.3, 0.4) is 0 Å². The minimum absolute atomic E-state index is 0.0765. The highest BCUT2D eigenvalue weighted by atomic mass is 32.2. The van der Waals surface area contributed by atoms with Gasteiger partial charge in [0.2, 0.25) is 10.0 Å². The normalized spacial score (nSPS) is 12.6. The molecule has 0 saturated heterocycles. The van der Waals surface area contributed by atoms with E-state index in [-0.39, 0.29) is 15.8 Å². The smallest absolute Gasteiger partial charge is 0.262 e. The second-order valence-corrected chi connectivity index (χ2v) is 8.95. The molecule has 1 heterocycles. The maximum atomic E-state index is 12.6. The molecule has 10 heteroatoms. The first-order valence-electron chi connectivity index (χ1n) is 7.15. The highest BCUT2D eigenvalue weighted by Gasteiger charge is 2.22. The van der Waals surface area contributed by atoms with E-state index < -0.39 is 20.0 Å². The Labute approximate surface area is 141 Å². The van der Waals surface area contributed by atoms with Crippen LogP contribution in [0.15, 0.2) is 34.1 Å². The number of hydrogen-bond donors (Lipinski definition) is 2. The number of anilines is 1. The van der Waals surface area contributed by atoms with Gasteiger partial charge >= 0.3 is 0 Å². The van der Waals surface area contributed by atoms with Crippen molar-refractivity contribution in [2.45, 2.75) is 43.5 Å². The van der Waals surface area contributed by atoms with Crippen molar-refractivity contribution in [3.63, 3.8) is 0 Å². The first-order valence-corrected chi connectivity index (χ1v) is 10.2. The molecule has 0 amide bonds. The zero-order chi connectivity index (χ0) is 18.3. The second-order valence-electron chi connectivity index (χ2n) is 5.71. The molecule has 24 heavy (non-hydrogen) atoms. The Morgan fingerprint density at radius 3 is 2.21 bits per heavy atom. The fourth-order valence-corrected chi connectivity index (χ4v) is 4.18. The molecule has 2 rings (SSSR count). The molecule has 8 nitrogen and oxygen atoms in total. The molecule has 0 fully saturated rings. The summed E-state index contributed by atoms with van der Waals surface area (Å²) in [6, 6.07) is 4.96. The third-order valence-electron chi connectivity index (χ3n) is 3.49. The molecule has 0 aliphatic rings. The van der Waals surface area contributed by atoms with Crippen molar-refractivity contribution < 1.29 is 16.8 Å². The van der Waals surface area contributed by atoms with Gasteiger partial charge in [-0.2, -0.15) is 5.10 Å². The number of primary sulfonamides is 1. The van der Waals surface area contributed by atoms with Gasteiger partial charge in [-0.3, -0.25) is 9.40 Å². The van der Waals surface area contributed by atoms with Gasteiger partial charge in [-0.25, -0.2) is 22.0 Å². The molecular weight excluding hydrogens is 352 g/mol. The lowest BCUT2D eigenvalue weighted by Crippen LogP contribution is -2.16. The number of aromatic nitrogens is 2. The van der Waals surface area contributed by atoms with E-state index in [4.69, 9.17) is 5.14 Å². The van der Waals surface area contributed by atoms with Crippen LogP contribution in [0.5, 0.6) is 0 Å². The van der Waals surface area contributed by atoms with E-state index in [2.05, 4.69) is 9.82 Å². The van der Waals surface area contributed by atoms with Crippen LogP contribution in [0.1, 0.15) is 31.3 Å². The van der Waals surface area contributed by atoms with Gasteiger partial charge in [0.1, 0.15) is 0 Å². The van der Waals surface area contributed by atoms with Crippen LogP contribution in [0.25, 0.3) is 0 Å².